The van der Waals surface area contributed by atoms with Gasteiger partial charge in [0.25, 0.3) is 5.89 Å². The molecule has 1 saturated heterocycles. The van der Waals surface area contributed by atoms with E-state index >= 15 is 0 Å². The molecule has 1 aliphatic heterocycles. The van der Waals surface area contributed by atoms with Crippen molar-refractivity contribution < 1.29 is 9.26 Å². The standard InChI is InChI=1S/C14H16ClN3O2/c1-10-9-19-7-6-18(10)8-13-16-14(20-17-13)11-2-4-12(15)5-3-11/h2-5,10H,6-9H2,1H3/t10-/m1/s1. The Morgan fingerprint density at radius 1 is 1.35 bits per heavy atom. The molecule has 0 unspecified atom stereocenters. The van der Waals surface area contributed by atoms with Crippen LogP contribution in [0.3, 0.4) is 0 Å². The quantitative estimate of drug-likeness (QED) is 0.871. The normalized spacial score (nSPS) is 20.2. The highest BCUT2D eigenvalue weighted by Gasteiger charge is 2.21. The van der Waals surface area contributed by atoms with Gasteiger partial charge in [0.15, 0.2) is 5.82 Å². The third-order valence-corrected chi connectivity index (χ3v) is 3.66. The molecule has 106 valence electrons. The topological polar surface area (TPSA) is 51.4 Å². The first-order valence-electron chi connectivity index (χ1n) is 6.63. The maximum Gasteiger partial charge on any atom is 0.257 e. The van der Waals surface area contributed by atoms with Crippen molar-refractivity contribution in [2.24, 2.45) is 0 Å². The predicted octanol–water partition coefficient (Wildman–Crippen LogP) is 2.61. The van der Waals surface area contributed by atoms with Crippen molar-refractivity contribution in [3.05, 3.63) is 35.1 Å². The van der Waals surface area contributed by atoms with Crippen LogP contribution in [-0.2, 0) is 11.3 Å². The molecule has 20 heavy (non-hydrogen) atoms. The fourth-order valence-electron chi connectivity index (χ4n) is 2.21. The molecule has 6 heteroatoms. The summed E-state index contributed by atoms with van der Waals surface area (Å²) < 4.78 is 10.7. The van der Waals surface area contributed by atoms with Gasteiger partial charge in [-0.25, -0.2) is 0 Å². The molecule has 1 aromatic carbocycles. The third kappa shape index (κ3) is 3.00. The van der Waals surface area contributed by atoms with Crippen LogP contribution in [0.4, 0.5) is 0 Å². The first-order chi connectivity index (χ1) is 9.72. The Hall–Kier alpha value is -1.43. The highest BCUT2D eigenvalue weighted by molar-refractivity contribution is 6.30. The lowest BCUT2D eigenvalue weighted by Crippen LogP contribution is -2.43. The van der Waals surface area contributed by atoms with Crippen molar-refractivity contribution >= 4 is 11.6 Å². The first-order valence-corrected chi connectivity index (χ1v) is 7.00. The maximum atomic E-state index is 5.86. The smallest absolute Gasteiger partial charge is 0.257 e. The summed E-state index contributed by atoms with van der Waals surface area (Å²) >= 11 is 5.86. The van der Waals surface area contributed by atoms with Gasteiger partial charge in [0.05, 0.1) is 19.8 Å². The van der Waals surface area contributed by atoms with E-state index in [1.807, 2.05) is 24.3 Å². The van der Waals surface area contributed by atoms with Crippen molar-refractivity contribution in [3.63, 3.8) is 0 Å². The summed E-state index contributed by atoms with van der Waals surface area (Å²) in [5.41, 5.74) is 0.878. The van der Waals surface area contributed by atoms with Crippen molar-refractivity contribution in [1.82, 2.24) is 15.0 Å². The van der Waals surface area contributed by atoms with Gasteiger partial charge < -0.3 is 9.26 Å². The summed E-state index contributed by atoms with van der Waals surface area (Å²) in [6.45, 7) is 5.22. The minimum absolute atomic E-state index is 0.376. The van der Waals surface area contributed by atoms with E-state index in [1.54, 1.807) is 0 Å². The summed E-state index contributed by atoms with van der Waals surface area (Å²) in [4.78, 5) is 6.73. The molecule has 3 rings (SSSR count). The molecule has 1 aromatic heterocycles. The van der Waals surface area contributed by atoms with E-state index in [2.05, 4.69) is 22.0 Å². The van der Waals surface area contributed by atoms with E-state index in [0.717, 1.165) is 25.3 Å². The summed E-state index contributed by atoms with van der Waals surface area (Å²) in [6.07, 6.45) is 0. The summed E-state index contributed by atoms with van der Waals surface area (Å²) in [5, 5.41) is 4.73. The van der Waals surface area contributed by atoms with Crippen molar-refractivity contribution in [1.29, 1.82) is 0 Å². The van der Waals surface area contributed by atoms with Crippen LogP contribution in [0.1, 0.15) is 12.7 Å². The Labute approximate surface area is 122 Å². The average Bonchev–Trinajstić information content (AvgIpc) is 2.91. The van der Waals surface area contributed by atoms with Gasteiger partial charge in [0, 0.05) is 23.2 Å². The van der Waals surface area contributed by atoms with Crippen molar-refractivity contribution in [3.8, 4) is 11.5 Å². The Morgan fingerprint density at radius 3 is 2.90 bits per heavy atom. The lowest BCUT2D eigenvalue weighted by atomic mass is 10.2. The number of benzene rings is 1. The van der Waals surface area contributed by atoms with Gasteiger partial charge in [-0.15, -0.1) is 0 Å². The molecule has 1 aliphatic rings. The number of aromatic nitrogens is 2. The number of hydrogen-bond acceptors (Lipinski definition) is 5. The number of ether oxygens (including phenoxy) is 1. The molecular weight excluding hydrogens is 278 g/mol. The number of nitrogens with zero attached hydrogens (tertiary/aromatic N) is 3. The van der Waals surface area contributed by atoms with Gasteiger partial charge in [0.1, 0.15) is 0 Å². The van der Waals surface area contributed by atoms with E-state index in [0.29, 0.717) is 29.3 Å². The molecular formula is C14H16ClN3O2. The second-order valence-corrected chi connectivity index (χ2v) is 5.35. The Bertz CT molecular complexity index is 570. The van der Waals surface area contributed by atoms with Crippen LogP contribution in [0, 0.1) is 0 Å². The van der Waals surface area contributed by atoms with Crippen LogP contribution in [0.15, 0.2) is 28.8 Å². The average molecular weight is 294 g/mol. The van der Waals surface area contributed by atoms with E-state index in [4.69, 9.17) is 20.9 Å². The minimum atomic E-state index is 0.376. The Morgan fingerprint density at radius 2 is 2.15 bits per heavy atom. The maximum absolute atomic E-state index is 5.86. The zero-order valence-electron chi connectivity index (χ0n) is 11.3. The first kappa shape index (κ1) is 13.5. The van der Waals surface area contributed by atoms with Gasteiger partial charge in [-0.1, -0.05) is 16.8 Å². The van der Waals surface area contributed by atoms with Gasteiger partial charge >= 0.3 is 0 Å². The molecule has 2 aromatic rings. The van der Waals surface area contributed by atoms with Crippen LogP contribution in [-0.4, -0.2) is 40.8 Å². The number of morpholine rings is 1. The van der Waals surface area contributed by atoms with Crippen LogP contribution in [0.2, 0.25) is 5.02 Å². The highest BCUT2D eigenvalue weighted by atomic mass is 35.5. The number of halogens is 1. The van der Waals surface area contributed by atoms with Crippen LogP contribution in [0.5, 0.6) is 0 Å². The largest absolute Gasteiger partial charge is 0.379 e. The predicted molar refractivity (Wildman–Crippen MR) is 75.4 cm³/mol. The molecule has 5 nitrogen and oxygen atoms in total. The number of rotatable bonds is 3. The molecule has 0 saturated carbocycles. The van der Waals surface area contributed by atoms with Crippen molar-refractivity contribution in [2.45, 2.75) is 19.5 Å². The van der Waals surface area contributed by atoms with E-state index in [1.165, 1.54) is 0 Å². The molecule has 0 amide bonds. The number of hydrogen-bond donors (Lipinski definition) is 0. The molecule has 0 spiro atoms. The van der Waals surface area contributed by atoms with E-state index in [9.17, 15) is 0 Å². The molecule has 0 radical (unpaired) electrons. The summed E-state index contributed by atoms with van der Waals surface area (Å²) in [6, 6.07) is 7.74. The Kier molecular flexibility index (Phi) is 4.00. The fraction of sp³-hybridized carbons (Fsp3) is 0.429. The lowest BCUT2D eigenvalue weighted by molar-refractivity contribution is -0.00575. The van der Waals surface area contributed by atoms with E-state index in [-0.39, 0.29) is 0 Å². The van der Waals surface area contributed by atoms with Crippen LogP contribution in [0.25, 0.3) is 11.5 Å². The van der Waals surface area contributed by atoms with Crippen LogP contribution >= 0.6 is 11.6 Å². The molecule has 1 atom stereocenters. The zero-order valence-corrected chi connectivity index (χ0v) is 12.0. The SMILES string of the molecule is C[C@@H]1COCCN1Cc1noc(-c2ccc(Cl)cc2)n1. The fourth-order valence-corrected chi connectivity index (χ4v) is 2.33. The van der Waals surface area contributed by atoms with Gasteiger partial charge in [-0.05, 0) is 31.2 Å². The second-order valence-electron chi connectivity index (χ2n) is 4.92. The molecule has 0 aliphatic carbocycles. The molecule has 1 fully saturated rings. The van der Waals surface area contributed by atoms with Gasteiger partial charge in [0.2, 0.25) is 0 Å². The lowest BCUT2D eigenvalue weighted by Gasteiger charge is -2.31. The van der Waals surface area contributed by atoms with E-state index < -0.39 is 0 Å². The highest BCUT2D eigenvalue weighted by Crippen LogP contribution is 2.20. The zero-order chi connectivity index (χ0) is 13.9. The molecule has 0 N–H and O–H groups in total. The van der Waals surface area contributed by atoms with Crippen LogP contribution < -0.4 is 0 Å². The van der Waals surface area contributed by atoms with Gasteiger partial charge in [-0.2, -0.15) is 4.98 Å². The summed E-state index contributed by atoms with van der Waals surface area (Å²) in [7, 11) is 0. The molecule has 2 heterocycles. The monoisotopic (exact) mass is 293 g/mol. The molecule has 0 bridgehead atoms. The second kappa shape index (κ2) is 5.91. The third-order valence-electron chi connectivity index (χ3n) is 3.41. The minimum Gasteiger partial charge on any atom is -0.379 e. The summed E-state index contributed by atoms with van der Waals surface area (Å²) in [5.74, 6) is 1.22. The van der Waals surface area contributed by atoms with Crippen molar-refractivity contribution in [2.75, 3.05) is 19.8 Å². The van der Waals surface area contributed by atoms with Gasteiger partial charge in [-0.3, -0.25) is 4.90 Å². The Balaban J connectivity index is 1.71.